The van der Waals surface area contributed by atoms with Gasteiger partial charge in [-0.25, -0.2) is 14.0 Å². The van der Waals surface area contributed by atoms with Crippen molar-refractivity contribution in [2.24, 2.45) is 0 Å². The fraction of sp³-hybridized carbons (Fsp3) is 0.231. The number of rotatable bonds is 3. The quantitative estimate of drug-likeness (QED) is 0.727. The molecule has 102 valence electrons. The maximum absolute atomic E-state index is 13.9. The van der Waals surface area contributed by atoms with Crippen molar-refractivity contribution in [1.29, 1.82) is 0 Å². The van der Waals surface area contributed by atoms with E-state index in [1.807, 2.05) is 13.0 Å². The molecule has 0 amide bonds. The summed E-state index contributed by atoms with van der Waals surface area (Å²) < 4.78 is 23.6. The molecule has 0 bridgehead atoms. The van der Waals surface area contributed by atoms with Crippen LogP contribution in [-0.2, 0) is 6.42 Å². The molecular weight excluding hydrogens is 263 g/mol. The van der Waals surface area contributed by atoms with Gasteiger partial charge in [-0.05, 0) is 34.4 Å². The van der Waals surface area contributed by atoms with Gasteiger partial charge >= 0.3 is 0 Å². The summed E-state index contributed by atoms with van der Waals surface area (Å²) in [6.45, 7) is 1.83. The summed E-state index contributed by atoms with van der Waals surface area (Å²) in [5.41, 5.74) is 2.39. The second kappa shape index (κ2) is 4.84. The Labute approximate surface area is 113 Å². The first-order valence-corrected chi connectivity index (χ1v) is 5.95. The number of aromatic nitrogens is 4. The summed E-state index contributed by atoms with van der Waals surface area (Å²) in [6, 6.07) is 5.04. The van der Waals surface area contributed by atoms with Gasteiger partial charge in [0.05, 0.1) is 7.11 Å². The van der Waals surface area contributed by atoms with Crippen LogP contribution in [0.5, 0.6) is 5.88 Å². The first kappa shape index (κ1) is 12.5. The number of hydrogen-bond acceptors (Lipinski definition) is 6. The number of halogens is 1. The third kappa shape index (κ3) is 2.18. The first-order valence-electron chi connectivity index (χ1n) is 5.95. The standard InChI is InChI=1S/C13H11FN4O2/c1-7-3-4-8(9(14)5-7)6-10-13(19-2)16-12-11(15-10)17-20-18-12/h3-5H,6H2,1-2H3. The zero-order chi connectivity index (χ0) is 14.1. The molecular formula is C13H11FN4O2. The van der Waals surface area contributed by atoms with E-state index in [-0.39, 0.29) is 29.4 Å². The Bertz CT molecular complexity index is 772. The molecule has 0 unspecified atom stereocenters. The van der Waals surface area contributed by atoms with Crippen LogP contribution in [0.3, 0.4) is 0 Å². The van der Waals surface area contributed by atoms with Crippen LogP contribution >= 0.6 is 0 Å². The first-order chi connectivity index (χ1) is 9.67. The maximum Gasteiger partial charge on any atom is 0.246 e. The molecule has 2 aromatic heterocycles. The molecule has 0 spiro atoms. The normalized spacial score (nSPS) is 10.9. The van der Waals surface area contributed by atoms with E-state index in [1.54, 1.807) is 6.07 Å². The Morgan fingerprint density at radius 3 is 2.65 bits per heavy atom. The van der Waals surface area contributed by atoms with Gasteiger partial charge in [-0.3, -0.25) is 0 Å². The summed E-state index contributed by atoms with van der Waals surface area (Å²) in [7, 11) is 1.47. The molecule has 0 N–H and O–H groups in total. The van der Waals surface area contributed by atoms with Crippen LogP contribution < -0.4 is 4.74 Å². The Kier molecular flexibility index (Phi) is 3.02. The summed E-state index contributed by atoms with van der Waals surface area (Å²) in [6.07, 6.45) is 0.255. The van der Waals surface area contributed by atoms with E-state index in [0.29, 0.717) is 11.3 Å². The minimum absolute atomic E-state index is 0.255. The third-order valence-corrected chi connectivity index (χ3v) is 2.91. The van der Waals surface area contributed by atoms with Gasteiger partial charge in [0.25, 0.3) is 0 Å². The van der Waals surface area contributed by atoms with Crippen LogP contribution in [0.1, 0.15) is 16.8 Å². The highest BCUT2D eigenvalue weighted by Crippen LogP contribution is 2.21. The Morgan fingerprint density at radius 2 is 1.95 bits per heavy atom. The summed E-state index contributed by atoms with van der Waals surface area (Å²) >= 11 is 0. The van der Waals surface area contributed by atoms with Gasteiger partial charge in [0.1, 0.15) is 11.5 Å². The average molecular weight is 274 g/mol. The van der Waals surface area contributed by atoms with Gasteiger partial charge in [-0.1, -0.05) is 12.1 Å². The zero-order valence-electron chi connectivity index (χ0n) is 10.9. The van der Waals surface area contributed by atoms with Crippen LogP contribution in [-0.4, -0.2) is 27.4 Å². The molecule has 0 aliphatic carbocycles. The molecule has 0 fully saturated rings. The maximum atomic E-state index is 13.9. The largest absolute Gasteiger partial charge is 0.480 e. The number of fused-ring (bicyclic) bond motifs is 1. The molecule has 0 aliphatic heterocycles. The molecule has 6 nitrogen and oxygen atoms in total. The summed E-state index contributed by atoms with van der Waals surface area (Å²) in [5, 5.41) is 7.21. The SMILES string of the molecule is COc1nc2nonc2nc1Cc1ccc(C)cc1F. The lowest BCUT2D eigenvalue weighted by Crippen LogP contribution is -2.02. The van der Waals surface area contributed by atoms with Gasteiger partial charge < -0.3 is 4.74 Å². The van der Waals surface area contributed by atoms with E-state index >= 15 is 0 Å². The molecule has 3 rings (SSSR count). The smallest absolute Gasteiger partial charge is 0.246 e. The minimum atomic E-state index is -0.285. The van der Waals surface area contributed by atoms with Gasteiger partial charge in [-0.15, -0.1) is 0 Å². The molecule has 0 saturated carbocycles. The number of methoxy groups -OCH3 is 1. The van der Waals surface area contributed by atoms with Crippen LogP contribution in [0.2, 0.25) is 0 Å². The van der Waals surface area contributed by atoms with Crippen molar-refractivity contribution in [2.45, 2.75) is 13.3 Å². The van der Waals surface area contributed by atoms with Gasteiger partial charge in [-0.2, -0.15) is 4.98 Å². The monoisotopic (exact) mass is 274 g/mol. The minimum Gasteiger partial charge on any atom is -0.480 e. The topological polar surface area (TPSA) is 73.9 Å². The second-order valence-electron chi connectivity index (χ2n) is 4.36. The van der Waals surface area contributed by atoms with Crippen LogP contribution in [0, 0.1) is 12.7 Å². The van der Waals surface area contributed by atoms with Crippen molar-refractivity contribution >= 4 is 11.3 Å². The Hall–Kier alpha value is -2.57. The molecule has 3 aromatic rings. The van der Waals surface area contributed by atoms with Gasteiger partial charge in [0, 0.05) is 6.42 Å². The van der Waals surface area contributed by atoms with Crippen LogP contribution in [0.25, 0.3) is 11.3 Å². The summed E-state index contributed by atoms with van der Waals surface area (Å²) in [4.78, 5) is 8.37. The lowest BCUT2D eigenvalue weighted by molar-refractivity contribution is 0.313. The lowest BCUT2D eigenvalue weighted by atomic mass is 10.1. The van der Waals surface area contributed by atoms with E-state index in [0.717, 1.165) is 5.56 Å². The molecule has 0 aliphatic rings. The molecule has 0 saturated heterocycles. The fourth-order valence-electron chi connectivity index (χ4n) is 1.91. The Morgan fingerprint density at radius 1 is 1.20 bits per heavy atom. The van der Waals surface area contributed by atoms with Crippen molar-refractivity contribution in [1.82, 2.24) is 20.3 Å². The van der Waals surface area contributed by atoms with Crippen molar-refractivity contribution < 1.29 is 13.8 Å². The number of nitrogens with zero attached hydrogens (tertiary/aromatic N) is 4. The predicted molar refractivity (Wildman–Crippen MR) is 67.9 cm³/mol. The highest BCUT2D eigenvalue weighted by atomic mass is 19.1. The number of aryl methyl sites for hydroxylation is 1. The fourth-order valence-corrected chi connectivity index (χ4v) is 1.91. The van der Waals surface area contributed by atoms with E-state index in [1.165, 1.54) is 13.2 Å². The number of benzene rings is 1. The molecule has 1 aromatic carbocycles. The second-order valence-corrected chi connectivity index (χ2v) is 4.36. The molecule has 7 heteroatoms. The molecule has 0 atom stereocenters. The molecule has 0 radical (unpaired) electrons. The van der Waals surface area contributed by atoms with E-state index in [4.69, 9.17) is 4.74 Å². The molecule has 20 heavy (non-hydrogen) atoms. The van der Waals surface area contributed by atoms with Crippen molar-refractivity contribution in [3.63, 3.8) is 0 Å². The van der Waals surface area contributed by atoms with Gasteiger partial charge in [0.2, 0.25) is 17.2 Å². The Balaban J connectivity index is 2.04. The highest BCUT2D eigenvalue weighted by Gasteiger charge is 2.15. The van der Waals surface area contributed by atoms with Crippen molar-refractivity contribution in [3.05, 3.63) is 40.8 Å². The van der Waals surface area contributed by atoms with E-state index in [9.17, 15) is 4.39 Å². The van der Waals surface area contributed by atoms with Crippen LogP contribution in [0.15, 0.2) is 22.8 Å². The highest BCUT2D eigenvalue weighted by molar-refractivity contribution is 5.64. The van der Waals surface area contributed by atoms with Crippen LogP contribution in [0.4, 0.5) is 4.39 Å². The predicted octanol–water partition coefficient (Wildman–Crippen LogP) is 2.06. The number of hydrogen-bond donors (Lipinski definition) is 0. The van der Waals surface area contributed by atoms with E-state index in [2.05, 4.69) is 24.9 Å². The number of ether oxygens (including phenoxy) is 1. The van der Waals surface area contributed by atoms with Crippen molar-refractivity contribution in [3.8, 4) is 5.88 Å². The third-order valence-electron chi connectivity index (χ3n) is 2.91. The van der Waals surface area contributed by atoms with E-state index < -0.39 is 0 Å². The molecule has 2 heterocycles. The average Bonchev–Trinajstić information content (AvgIpc) is 2.88. The zero-order valence-corrected chi connectivity index (χ0v) is 10.9. The van der Waals surface area contributed by atoms with Crippen molar-refractivity contribution in [2.75, 3.05) is 7.11 Å². The summed E-state index contributed by atoms with van der Waals surface area (Å²) in [5.74, 6) is 0.000373. The lowest BCUT2D eigenvalue weighted by Gasteiger charge is -2.07. The van der Waals surface area contributed by atoms with Gasteiger partial charge in [0.15, 0.2) is 0 Å².